The number of hydrogen-bond donors (Lipinski definition) is 1. The molecular weight excluding hydrogens is 290 g/mol. The topological polar surface area (TPSA) is 75.0 Å². The van der Waals surface area contributed by atoms with E-state index in [1.165, 1.54) is 0 Å². The zero-order valence-electron chi connectivity index (χ0n) is 13.2. The molecule has 0 radical (unpaired) electrons. The number of benzene rings is 1. The third-order valence-corrected chi connectivity index (χ3v) is 3.29. The van der Waals surface area contributed by atoms with Gasteiger partial charge in [-0.25, -0.2) is 4.98 Å². The maximum atomic E-state index is 12.2. The first-order valence-electron chi connectivity index (χ1n) is 7.48. The van der Waals surface area contributed by atoms with E-state index in [1.54, 1.807) is 6.07 Å². The summed E-state index contributed by atoms with van der Waals surface area (Å²) in [6, 6.07) is 14.8. The van der Waals surface area contributed by atoms with Crippen LogP contribution in [0.3, 0.4) is 0 Å². The van der Waals surface area contributed by atoms with Gasteiger partial charge < -0.3 is 10.1 Å². The van der Waals surface area contributed by atoms with Gasteiger partial charge in [0.15, 0.2) is 0 Å². The Labute approximate surface area is 135 Å². The standard InChI is InChI=1S/C18H19N3O2/c1-3-23-16-9-7-14(8-10-16)11-15(12-19)18(22)21-17-6-4-5-13(2)20-17/h4-10,15H,3,11H2,1-2H3,(H,20,21,22)/t15-/m1/s1. The number of rotatable bonds is 6. The highest BCUT2D eigenvalue weighted by molar-refractivity contribution is 5.93. The van der Waals surface area contributed by atoms with Crippen LogP contribution >= 0.6 is 0 Å². The Morgan fingerprint density at radius 2 is 2.04 bits per heavy atom. The number of nitrogens with zero attached hydrogens (tertiary/aromatic N) is 2. The molecule has 0 spiro atoms. The van der Waals surface area contributed by atoms with Crippen LogP contribution in [0.2, 0.25) is 0 Å². The van der Waals surface area contributed by atoms with Crippen molar-refractivity contribution in [3.8, 4) is 11.8 Å². The van der Waals surface area contributed by atoms with Crippen LogP contribution in [0.5, 0.6) is 5.75 Å². The lowest BCUT2D eigenvalue weighted by Gasteiger charge is -2.11. The van der Waals surface area contributed by atoms with Gasteiger partial charge in [-0.1, -0.05) is 18.2 Å². The Morgan fingerprint density at radius 1 is 1.30 bits per heavy atom. The van der Waals surface area contributed by atoms with Crippen molar-refractivity contribution in [2.45, 2.75) is 20.3 Å². The Morgan fingerprint density at radius 3 is 2.65 bits per heavy atom. The van der Waals surface area contributed by atoms with Crippen LogP contribution in [-0.4, -0.2) is 17.5 Å². The van der Waals surface area contributed by atoms with Crippen LogP contribution in [0.25, 0.3) is 0 Å². The molecule has 0 aliphatic carbocycles. The molecule has 5 nitrogen and oxygen atoms in total. The summed E-state index contributed by atoms with van der Waals surface area (Å²) in [5, 5.41) is 12.0. The monoisotopic (exact) mass is 309 g/mol. The number of ether oxygens (including phenoxy) is 1. The van der Waals surface area contributed by atoms with Gasteiger partial charge in [0.25, 0.3) is 0 Å². The second kappa shape index (κ2) is 7.95. The largest absolute Gasteiger partial charge is 0.494 e. The van der Waals surface area contributed by atoms with E-state index in [0.29, 0.717) is 18.8 Å². The van der Waals surface area contributed by atoms with Crippen molar-refractivity contribution >= 4 is 11.7 Å². The molecule has 0 aliphatic rings. The lowest BCUT2D eigenvalue weighted by molar-refractivity contribution is -0.118. The Bertz CT molecular complexity index is 705. The zero-order valence-corrected chi connectivity index (χ0v) is 13.2. The van der Waals surface area contributed by atoms with Gasteiger partial charge in [0, 0.05) is 5.69 Å². The highest BCUT2D eigenvalue weighted by Crippen LogP contribution is 2.16. The number of pyridine rings is 1. The van der Waals surface area contributed by atoms with E-state index in [-0.39, 0.29) is 5.91 Å². The lowest BCUT2D eigenvalue weighted by atomic mass is 10.00. The summed E-state index contributed by atoms with van der Waals surface area (Å²) < 4.78 is 5.38. The van der Waals surface area contributed by atoms with Crippen LogP contribution in [-0.2, 0) is 11.2 Å². The lowest BCUT2D eigenvalue weighted by Crippen LogP contribution is -2.24. The van der Waals surface area contributed by atoms with E-state index >= 15 is 0 Å². The fourth-order valence-corrected chi connectivity index (χ4v) is 2.15. The summed E-state index contributed by atoms with van der Waals surface area (Å²) in [5.74, 6) is 0.120. The Kier molecular flexibility index (Phi) is 5.70. The SMILES string of the molecule is CCOc1ccc(C[C@H](C#N)C(=O)Nc2cccc(C)n2)cc1. The van der Waals surface area contributed by atoms with Gasteiger partial charge in [-0.15, -0.1) is 0 Å². The minimum Gasteiger partial charge on any atom is -0.494 e. The number of carbonyl (C=O) groups is 1. The maximum Gasteiger partial charge on any atom is 0.243 e. The first kappa shape index (κ1) is 16.5. The molecule has 1 atom stereocenters. The molecule has 2 aromatic rings. The van der Waals surface area contributed by atoms with E-state index in [1.807, 2.05) is 50.2 Å². The van der Waals surface area contributed by atoms with Gasteiger partial charge in [0.05, 0.1) is 12.7 Å². The quantitative estimate of drug-likeness (QED) is 0.889. The van der Waals surface area contributed by atoms with Gasteiger partial charge in [-0.05, 0) is 50.1 Å². The van der Waals surface area contributed by atoms with Crippen molar-refractivity contribution in [3.05, 3.63) is 53.7 Å². The van der Waals surface area contributed by atoms with Crippen LogP contribution in [0.4, 0.5) is 5.82 Å². The second-order valence-electron chi connectivity index (χ2n) is 5.12. The third-order valence-electron chi connectivity index (χ3n) is 3.29. The predicted molar refractivity (Wildman–Crippen MR) is 88.0 cm³/mol. The molecule has 2 rings (SSSR count). The first-order valence-corrected chi connectivity index (χ1v) is 7.48. The molecule has 0 bridgehead atoms. The minimum absolute atomic E-state index is 0.348. The van der Waals surface area contributed by atoms with E-state index in [9.17, 15) is 10.1 Å². The fourth-order valence-electron chi connectivity index (χ4n) is 2.15. The summed E-state index contributed by atoms with van der Waals surface area (Å²) in [7, 11) is 0. The molecule has 0 aliphatic heterocycles. The van der Waals surface area contributed by atoms with Crippen molar-refractivity contribution in [3.63, 3.8) is 0 Å². The van der Waals surface area contributed by atoms with E-state index in [2.05, 4.69) is 16.4 Å². The summed E-state index contributed by atoms with van der Waals surface area (Å²) in [5.41, 5.74) is 1.72. The summed E-state index contributed by atoms with van der Waals surface area (Å²) in [6.45, 7) is 4.37. The highest BCUT2D eigenvalue weighted by atomic mass is 16.5. The molecule has 0 unspecified atom stereocenters. The second-order valence-corrected chi connectivity index (χ2v) is 5.12. The molecule has 1 amide bonds. The van der Waals surface area contributed by atoms with E-state index in [4.69, 9.17) is 4.74 Å². The molecule has 1 aromatic heterocycles. The first-order chi connectivity index (χ1) is 11.1. The Balaban J connectivity index is 2.01. The summed E-state index contributed by atoms with van der Waals surface area (Å²) >= 11 is 0. The number of aryl methyl sites for hydroxylation is 1. The molecule has 5 heteroatoms. The molecule has 0 saturated carbocycles. The number of aromatic nitrogens is 1. The normalized spacial score (nSPS) is 11.3. The highest BCUT2D eigenvalue weighted by Gasteiger charge is 2.19. The van der Waals surface area contributed by atoms with E-state index < -0.39 is 5.92 Å². The molecule has 118 valence electrons. The zero-order chi connectivity index (χ0) is 16.7. The van der Waals surface area contributed by atoms with Gasteiger partial charge in [0.1, 0.15) is 17.5 Å². The van der Waals surface area contributed by atoms with Crippen molar-refractivity contribution in [1.82, 2.24) is 4.98 Å². The predicted octanol–water partition coefficient (Wildman–Crippen LogP) is 3.11. The molecular formula is C18H19N3O2. The van der Waals surface area contributed by atoms with Crippen molar-refractivity contribution in [1.29, 1.82) is 5.26 Å². The number of anilines is 1. The van der Waals surface area contributed by atoms with E-state index in [0.717, 1.165) is 17.0 Å². The fraction of sp³-hybridized carbons (Fsp3) is 0.278. The van der Waals surface area contributed by atoms with Crippen LogP contribution < -0.4 is 10.1 Å². The van der Waals surface area contributed by atoms with Gasteiger partial charge >= 0.3 is 0 Å². The Hall–Kier alpha value is -2.87. The van der Waals surface area contributed by atoms with Crippen molar-refractivity contribution < 1.29 is 9.53 Å². The smallest absolute Gasteiger partial charge is 0.243 e. The van der Waals surface area contributed by atoms with Crippen LogP contribution in [0, 0.1) is 24.2 Å². The van der Waals surface area contributed by atoms with Gasteiger partial charge in [0.2, 0.25) is 5.91 Å². The summed E-state index contributed by atoms with van der Waals surface area (Å²) in [4.78, 5) is 16.4. The van der Waals surface area contributed by atoms with Crippen LogP contribution in [0.15, 0.2) is 42.5 Å². The van der Waals surface area contributed by atoms with Crippen molar-refractivity contribution in [2.24, 2.45) is 5.92 Å². The van der Waals surface area contributed by atoms with Gasteiger partial charge in [-0.2, -0.15) is 5.26 Å². The third kappa shape index (κ3) is 4.82. The molecule has 1 N–H and O–H groups in total. The molecule has 0 saturated heterocycles. The molecule has 23 heavy (non-hydrogen) atoms. The summed E-state index contributed by atoms with van der Waals surface area (Å²) in [6.07, 6.45) is 0.348. The number of nitrogens with one attached hydrogen (secondary N) is 1. The number of hydrogen-bond acceptors (Lipinski definition) is 4. The number of amides is 1. The number of carbonyl (C=O) groups excluding carboxylic acids is 1. The maximum absolute atomic E-state index is 12.2. The van der Waals surface area contributed by atoms with Gasteiger partial charge in [-0.3, -0.25) is 4.79 Å². The molecule has 0 fully saturated rings. The molecule has 1 heterocycles. The van der Waals surface area contributed by atoms with Crippen molar-refractivity contribution in [2.75, 3.05) is 11.9 Å². The number of nitriles is 1. The average Bonchev–Trinajstić information content (AvgIpc) is 2.54. The minimum atomic E-state index is -0.768. The van der Waals surface area contributed by atoms with Crippen LogP contribution in [0.1, 0.15) is 18.2 Å². The average molecular weight is 309 g/mol. The molecule has 1 aromatic carbocycles.